The second-order valence-electron chi connectivity index (χ2n) is 8.81. The molecule has 2 aliphatic rings. The van der Waals surface area contributed by atoms with E-state index in [-0.39, 0.29) is 23.3 Å². The van der Waals surface area contributed by atoms with Gasteiger partial charge in [0.2, 0.25) is 0 Å². The Morgan fingerprint density at radius 3 is 2.71 bits per heavy atom. The molecule has 0 aliphatic carbocycles. The molecule has 2 aliphatic heterocycles. The quantitative estimate of drug-likeness (QED) is 0.571. The lowest BCUT2D eigenvalue weighted by Crippen LogP contribution is -2.29. The molecular weight excluding hydrogens is 429 g/mol. The molecule has 1 aromatic heterocycles. The highest BCUT2D eigenvalue weighted by atomic mass is 19.1. The lowest BCUT2D eigenvalue weighted by atomic mass is 9.95. The topological polar surface area (TPSA) is 81.4 Å². The standard InChI is InChI=1S/C27H26FN5O/c1-17-21(6-5-7-24(17)28)18-8-9-22-23(14-18)25(32-26(22)29)27(34)31-19-10-11-30-20(15-19)16-33-12-3-2-4-13-33/h5-11,14-15,29H,2-4,12-13,16H2,1H3,(H,30,31,34). The predicted octanol–water partition coefficient (Wildman–Crippen LogP) is 4.95. The molecule has 6 nitrogen and oxygen atoms in total. The van der Waals surface area contributed by atoms with E-state index >= 15 is 0 Å². The molecule has 1 fully saturated rings. The Kier molecular flexibility index (Phi) is 6.02. The minimum atomic E-state index is -0.383. The summed E-state index contributed by atoms with van der Waals surface area (Å²) in [5.41, 5.74) is 4.96. The highest BCUT2D eigenvalue weighted by Gasteiger charge is 2.27. The largest absolute Gasteiger partial charge is 0.321 e. The van der Waals surface area contributed by atoms with Gasteiger partial charge in [0.05, 0.1) is 5.69 Å². The number of hydrogen-bond donors (Lipinski definition) is 2. The number of piperidine rings is 1. The first-order valence-electron chi connectivity index (χ1n) is 11.6. The van der Waals surface area contributed by atoms with Crippen LogP contribution in [-0.4, -0.2) is 40.4 Å². The number of benzene rings is 2. The van der Waals surface area contributed by atoms with Gasteiger partial charge in [-0.25, -0.2) is 9.38 Å². The van der Waals surface area contributed by atoms with Gasteiger partial charge in [-0.1, -0.05) is 24.6 Å². The maximum Gasteiger partial charge on any atom is 0.274 e. The van der Waals surface area contributed by atoms with Crippen molar-refractivity contribution in [3.8, 4) is 11.1 Å². The van der Waals surface area contributed by atoms with Gasteiger partial charge in [-0.15, -0.1) is 0 Å². The van der Waals surface area contributed by atoms with E-state index in [4.69, 9.17) is 5.41 Å². The number of aliphatic imine (C=N–C) groups is 1. The minimum absolute atomic E-state index is 0.0446. The molecule has 3 heterocycles. The van der Waals surface area contributed by atoms with E-state index in [1.807, 2.05) is 24.3 Å². The molecule has 0 bridgehead atoms. The molecule has 7 heteroatoms. The second kappa shape index (κ2) is 9.27. The average molecular weight is 456 g/mol. The zero-order valence-electron chi connectivity index (χ0n) is 19.1. The van der Waals surface area contributed by atoms with Crippen LogP contribution in [-0.2, 0) is 11.3 Å². The van der Waals surface area contributed by atoms with Gasteiger partial charge in [-0.3, -0.25) is 20.1 Å². The summed E-state index contributed by atoms with van der Waals surface area (Å²) < 4.78 is 14.1. The van der Waals surface area contributed by atoms with Crippen LogP contribution in [0, 0.1) is 18.2 Å². The van der Waals surface area contributed by atoms with E-state index in [2.05, 4.69) is 20.2 Å². The molecule has 2 N–H and O–H groups in total. The Bertz CT molecular complexity index is 1310. The lowest BCUT2D eigenvalue weighted by molar-refractivity contribution is -0.110. The Balaban J connectivity index is 1.38. The van der Waals surface area contributed by atoms with E-state index in [1.165, 1.54) is 25.3 Å². The van der Waals surface area contributed by atoms with Crippen LogP contribution in [0.3, 0.4) is 0 Å². The number of hydrogen-bond acceptors (Lipinski definition) is 4. The molecule has 1 amide bonds. The van der Waals surface area contributed by atoms with Gasteiger partial charge >= 0.3 is 0 Å². The van der Waals surface area contributed by atoms with Crippen molar-refractivity contribution in [2.75, 3.05) is 18.4 Å². The fourth-order valence-corrected chi connectivity index (χ4v) is 4.62. The van der Waals surface area contributed by atoms with Gasteiger partial charge in [-0.05, 0) is 79.9 Å². The van der Waals surface area contributed by atoms with Crippen LogP contribution >= 0.6 is 0 Å². The number of aromatic nitrogens is 1. The van der Waals surface area contributed by atoms with Crippen LogP contribution < -0.4 is 5.32 Å². The zero-order chi connectivity index (χ0) is 23.7. The smallest absolute Gasteiger partial charge is 0.274 e. The third-order valence-corrected chi connectivity index (χ3v) is 6.46. The summed E-state index contributed by atoms with van der Waals surface area (Å²) in [6.45, 7) is 4.63. The summed E-state index contributed by atoms with van der Waals surface area (Å²) >= 11 is 0. The average Bonchev–Trinajstić information content (AvgIpc) is 3.18. The summed E-state index contributed by atoms with van der Waals surface area (Å²) in [4.78, 5) is 24.2. The van der Waals surface area contributed by atoms with Gasteiger partial charge in [0.15, 0.2) is 5.84 Å². The SMILES string of the molecule is Cc1c(F)cccc1-c1ccc2c(c1)C(C(=O)Nc1ccnc(CN3CCCCC3)c1)=NC2=N. The molecule has 0 unspecified atom stereocenters. The van der Waals surface area contributed by atoms with Gasteiger partial charge in [0.1, 0.15) is 11.5 Å². The maximum absolute atomic E-state index is 14.1. The van der Waals surface area contributed by atoms with E-state index in [0.717, 1.165) is 36.5 Å². The van der Waals surface area contributed by atoms with E-state index in [0.29, 0.717) is 22.4 Å². The summed E-state index contributed by atoms with van der Waals surface area (Å²) in [5, 5.41) is 11.1. The van der Waals surface area contributed by atoms with Crippen molar-refractivity contribution in [2.24, 2.45) is 4.99 Å². The highest BCUT2D eigenvalue weighted by Crippen LogP contribution is 2.30. The van der Waals surface area contributed by atoms with Crippen molar-refractivity contribution in [1.29, 1.82) is 5.41 Å². The van der Waals surface area contributed by atoms with Crippen LogP contribution in [0.4, 0.5) is 10.1 Å². The van der Waals surface area contributed by atoms with E-state index in [1.54, 1.807) is 31.3 Å². The summed E-state index contributed by atoms with van der Waals surface area (Å²) in [6, 6.07) is 14.0. The van der Waals surface area contributed by atoms with Gasteiger partial charge in [-0.2, -0.15) is 0 Å². The fourth-order valence-electron chi connectivity index (χ4n) is 4.62. The number of likely N-dealkylation sites (tertiary alicyclic amines) is 1. The Hall–Kier alpha value is -3.71. The summed E-state index contributed by atoms with van der Waals surface area (Å²) in [7, 11) is 0. The molecule has 0 radical (unpaired) electrons. The van der Waals surface area contributed by atoms with Crippen molar-refractivity contribution >= 4 is 23.1 Å². The number of rotatable bonds is 5. The van der Waals surface area contributed by atoms with Crippen molar-refractivity contribution < 1.29 is 9.18 Å². The predicted molar refractivity (Wildman–Crippen MR) is 132 cm³/mol. The number of carbonyl (C=O) groups excluding carboxylic acids is 1. The van der Waals surface area contributed by atoms with Crippen LogP contribution in [0.2, 0.25) is 0 Å². The van der Waals surface area contributed by atoms with Crippen LogP contribution in [0.15, 0.2) is 59.7 Å². The number of anilines is 1. The first-order valence-corrected chi connectivity index (χ1v) is 11.6. The van der Waals surface area contributed by atoms with Crippen LogP contribution in [0.5, 0.6) is 0 Å². The number of carbonyl (C=O) groups is 1. The van der Waals surface area contributed by atoms with Crippen molar-refractivity contribution in [3.63, 3.8) is 0 Å². The number of pyridine rings is 1. The normalized spacial score (nSPS) is 15.7. The number of nitrogens with one attached hydrogen (secondary N) is 2. The maximum atomic E-state index is 14.1. The number of amides is 1. The summed E-state index contributed by atoms with van der Waals surface area (Å²) in [6.07, 6.45) is 5.39. The molecule has 2 aromatic carbocycles. The monoisotopic (exact) mass is 455 g/mol. The zero-order valence-corrected chi connectivity index (χ0v) is 19.1. The Morgan fingerprint density at radius 2 is 1.88 bits per heavy atom. The molecule has 1 saturated heterocycles. The molecule has 34 heavy (non-hydrogen) atoms. The number of halogens is 1. The van der Waals surface area contributed by atoms with Gasteiger partial charge in [0.25, 0.3) is 5.91 Å². The van der Waals surface area contributed by atoms with Crippen molar-refractivity contribution in [2.45, 2.75) is 32.7 Å². The van der Waals surface area contributed by atoms with Crippen molar-refractivity contribution in [3.05, 3.63) is 82.9 Å². The first kappa shape index (κ1) is 22.1. The molecule has 0 atom stereocenters. The first-order chi connectivity index (χ1) is 16.5. The number of nitrogens with zero attached hydrogens (tertiary/aromatic N) is 3. The summed E-state index contributed by atoms with van der Waals surface area (Å²) in [5.74, 6) is -0.620. The lowest BCUT2D eigenvalue weighted by Gasteiger charge is -2.26. The van der Waals surface area contributed by atoms with Crippen LogP contribution in [0.25, 0.3) is 11.1 Å². The highest BCUT2D eigenvalue weighted by molar-refractivity contribution is 6.53. The molecule has 172 valence electrons. The fraction of sp³-hybridized carbons (Fsp3) is 0.259. The third kappa shape index (κ3) is 4.39. The van der Waals surface area contributed by atoms with Crippen molar-refractivity contribution in [1.82, 2.24) is 9.88 Å². The van der Waals surface area contributed by atoms with Gasteiger partial charge in [0, 0.05) is 29.6 Å². The Morgan fingerprint density at radius 1 is 1.06 bits per heavy atom. The molecule has 0 saturated carbocycles. The second-order valence-corrected chi connectivity index (χ2v) is 8.81. The Labute approximate surface area is 198 Å². The van der Waals surface area contributed by atoms with Gasteiger partial charge < -0.3 is 5.32 Å². The van der Waals surface area contributed by atoms with E-state index in [9.17, 15) is 9.18 Å². The minimum Gasteiger partial charge on any atom is -0.321 e. The third-order valence-electron chi connectivity index (χ3n) is 6.46. The molecule has 5 rings (SSSR count). The molecular formula is C27H26FN5O. The number of fused-ring (bicyclic) bond motifs is 1. The molecule has 3 aromatic rings. The molecule has 0 spiro atoms. The van der Waals surface area contributed by atoms with Crippen LogP contribution in [0.1, 0.15) is 41.6 Å². The van der Waals surface area contributed by atoms with E-state index < -0.39 is 0 Å². The number of amidine groups is 1.